The molecule has 1 aromatic carbocycles. The predicted molar refractivity (Wildman–Crippen MR) is 127 cm³/mol. The van der Waals surface area contributed by atoms with E-state index in [1.165, 1.54) is 17.3 Å². The second-order valence-electron chi connectivity index (χ2n) is 8.11. The van der Waals surface area contributed by atoms with Crippen LogP contribution < -0.4 is 0 Å². The van der Waals surface area contributed by atoms with Crippen molar-refractivity contribution in [1.29, 1.82) is 5.41 Å². The van der Waals surface area contributed by atoms with Crippen LogP contribution in [0, 0.1) is 16.2 Å². The first-order valence-electron chi connectivity index (χ1n) is 9.20. The Morgan fingerprint density at radius 1 is 1.21 bits per heavy atom. The van der Waals surface area contributed by atoms with E-state index >= 15 is 0 Å². The third-order valence-electron chi connectivity index (χ3n) is 5.89. The van der Waals surface area contributed by atoms with E-state index in [0.29, 0.717) is 16.7 Å². The number of nitrogens with one attached hydrogen (secondary N) is 1. The highest BCUT2D eigenvalue weighted by Gasteiger charge is 2.64. The maximum absolute atomic E-state index is 8.00. The van der Waals surface area contributed by atoms with Crippen molar-refractivity contribution >= 4 is 24.8 Å². The average molecular weight is 400 g/mol. The number of carbonyl (C=O) groups excluding carboxylic acids is 1. The Hall–Kier alpha value is -1.87. The third kappa shape index (κ3) is 5.35. The fourth-order valence-electron chi connectivity index (χ4n) is 3.82. The van der Waals surface area contributed by atoms with Gasteiger partial charge in [-0.1, -0.05) is 78.1 Å². The van der Waals surface area contributed by atoms with Gasteiger partial charge in [0.05, 0.1) is 0 Å². The lowest BCUT2D eigenvalue weighted by Crippen LogP contribution is -1.95. The van der Waals surface area contributed by atoms with Crippen LogP contribution in [0.3, 0.4) is 0 Å². The van der Waals surface area contributed by atoms with Crippen molar-refractivity contribution < 1.29 is 4.79 Å². The van der Waals surface area contributed by atoms with Crippen molar-refractivity contribution in [2.45, 2.75) is 60.6 Å². The summed E-state index contributed by atoms with van der Waals surface area (Å²) in [6, 6.07) is 9.03. The van der Waals surface area contributed by atoms with Crippen molar-refractivity contribution in [1.82, 2.24) is 0 Å². The number of thioether (sulfide) groups is 1. The van der Waals surface area contributed by atoms with Crippen LogP contribution in [0.5, 0.6) is 0 Å². The van der Waals surface area contributed by atoms with Gasteiger partial charge in [0.15, 0.2) is 0 Å². The largest absolute Gasteiger partial charge is 0.308 e. The van der Waals surface area contributed by atoms with E-state index in [1.807, 2.05) is 26.7 Å². The van der Waals surface area contributed by atoms with Crippen LogP contribution in [-0.2, 0) is 10.5 Å². The smallest absolute Gasteiger partial charge is 0.106 e. The highest BCUT2D eigenvalue weighted by Crippen LogP contribution is 2.73. The first-order valence-corrected chi connectivity index (χ1v) is 10.2. The maximum Gasteiger partial charge on any atom is 0.106 e. The lowest BCUT2D eigenvalue weighted by Gasteiger charge is -2.10. The zero-order valence-corrected chi connectivity index (χ0v) is 18.4. The molecule has 0 amide bonds. The molecule has 0 aromatic heterocycles. The van der Waals surface area contributed by atoms with Gasteiger partial charge in [0, 0.05) is 22.4 Å². The summed E-state index contributed by atoms with van der Waals surface area (Å²) >= 11 is 1.78. The van der Waals surface area contributed by atoms with E-state index in [1.54, 1.807) is 11.8 Å². The second-order valence-corrected chi connectivity index (χ2v) is 9.13. The average Bonchev–Trinajstić information content (AvgIpc) is 3.04. The summed E-state index contributed by atoms with van der Waals surface area (Å²) in [5.41, 5.74) is 5.38. The van der Waals surface area contributed by atoms with Crippen LogP contribution in [0.4, 0.5) is 0 Å². The molecular formula is C25H37NOS. The second kappa shape index (κ2) is 10.6. The summed E-state index contributed by atoms with van der Waals surface area (Å²) in [5.74, 6) is 1.54. The zero-order chi connectivity index (χ0) is 20.8. The summed E-state index contributed by atoms with van der Waals surface area (Å²) in [6.45, 7) is 19.5. The van der Waals surface area contributed by atoms with Gasteiger partial charge >= 0.3 is 0 Å². The van der Waals surface area contributed by atoms with Crippen molar-refractivity contribution in [2.75, 3.05) is 0 Å². The standard InChI is InChI=1S/C23H31NS.CH2O.CH4/c1-8-10-20(19(14-24)16(2)3)25-15-17-11-9-12-18(13-17)21-22(4,5)23(21,6)7;1-2;/h8-14,21,24H,2,15H2,1,3-7H3;1H2;1H4/b10-8-,20-19+,24-14?;;. The van der Waals surface area contributed by atoms with Crippen LogP contribution in [0.15, 0.2) is 59.0 Å². The molecule has 0 atom stereocenters. The SMILES string of the molecule is C.C=C(C)/C(C=N)=C(\C=C/C)SCc1cccc(C2C(C)(C)C2(C)C)c1.C=O. The van der Waals surface area contributed by atoms with Gasteiger partial charge in [0.2, 0.25) is 0 Å². The molecule has 1 fully saturated rings. The van der Waals surface area contributed by atoms with Crippen molar-refractivity contribution in [2.24, 2.45) is 10.8 Å². The van der Waals surface area contributed by atoms with Gasteiger partial charge in [-0.05, 0) is 47.3 Å². The van der Waals surface area contributed by atoms with Gasteiger partial charge in [-0.3, -0.25) is 0 Å². The first kappa shape index (κ1) is 26.1. The minimum absolute atomic E-state index is 0. The molecular weight excluding hydrogens is 362 g/mol. The summed E-state index contributed by atoms with van der Waals surface area (Å²) < 4.78 is 0. The van der Waals surface area contributed by atoms with Gasteiger partial charge in [-0.2, -0.15) is 0 Å². The number of benzene rings is 1. The van der Waals surface area contributed by atoms with Gasteiger partial charge in [0.25, 0.3) is 0 Å². The van der Waals surface area contributed by atoms with E-state index in [2.05, 4.69) is 64.6 Å². The lowest BCUT2D eigenvalue weighted by atomic mass is 10.0. The Balaban J connectivity index is 0.00000235. The molecule has 2 nitrogen and oxygen atoms in total. The molecule has 0 bridgehead atoms. The fraction of sp³-hybridized carbons (Fsp3) is 0.440. The van der Waals surface area contributed by atoms with E-state index in [-0.39, 0.29) is 7.43 Å². The Labute approximate surface area is 176 Å². The first-order chi connectivity index (χ1) is 12.7. The van der Waals surface area contributed by atoms with E-state index in [0.717, 1.165) is 21.8 Å². The number of hydrogen-bond donors (Lipinski definition) is 1. The van der Waals surface area contributed by atoms with Gasteiger partial charge in [0.1, 0.15) is 6.79 Å². The van der Waals surface area contributed by atoms with Crippen LogP contribution >= 0.6 is 11.8 Å². The maximum atomic E-state index is 8.00. The molecule has 28 heavy (non-hydrogen) atoms. The molecule has 3 heteroatoms. The number of carbonyl (C=O) groups is 1. The molecule has 1 saturated carbocycles. The van der Waals surface area contributed by atoms with Crippen LogP contribution in [0.2, 0.25) is 0 Å². The molecule has 1 aliphatic rings. The van der Waals surface area contributed by atoms with Crippen LogP contribution in [0.1, 0.15) is 66.0 Å². The molecule has 0 radical (unpaired) electrons. The number of rotatable bonds is 7. The van der Waals surface area contributed by atoms with Crippen LogP contribution in [0.25, 0.3) is 0 Å². The quantitative estimate of drug-likeness (QED) is 0.379. The van der Waals surface area contributed by atoms with Crippen molar-refractivity contribution in [3.63, 3.8) is 0 Å². The summed E-state index contributed by atoms with van der Waals surface area (Å²) in [4.78, 5) is 9.11. The van der Waals surface area contributed by atoms with Crippen LogP contribution in [-0.4, -0.2) is 13.0 Å². The third-order valence-corrected chi connectivity index (χ3v) is 7.03. The van der Waals surface area contributed by atoms with Gasteiger partial charge < -0.3 is 10.2 Å². The summed E-state index contributed by atoms with van der Waals surface area (Å²) in [6.07, 6.45) is 5.52. The van der Waals surface area contributed by atoms with Gasteiger partial charge in [-0.25, -0.2) is 0 Å². The monoisotopic (exact) mass is 399 g/mol. The molecule has 0 spiro atoms. The van der Waals surface area contributed by atoms with E-state index < -0.39 is 0 Å². The Bertz CT molecular complexity index is 742. The molecule has 154 valence electrons. The van der Waals surface area contributed by atoms with Crippen molar-refractivity contribution in [3.8, 4) is 0 Å². The minimum atomic E-state index is 0. The normalized spacial score (nSPS) is 17.6. The van der Waals surface area contributed by atoms with E-state index in [4.69, 9.17) is 10.2 Å². The molecule has 0 heterocycles. The fourth-order valence-corrected chi connectivity index (χ4v) is 4.95. The Kier molecular flexibility index (Phi) is 9.90. The molecule has 1 aliphatic carbocycles. The number of allylic oxidation sites excluding steroid dienone is 4. The summed E-state index contributed by atoms with van der Waals surface area (Å²) in [5, 5.41) is 7.68. The predicted octanol–water partition coefficient (Wildman–Crippen LogP) is 7.58. The Morgan fingerprint density at radius 2 is 1.79 bits per heavy atom. The molecule has 0 aliphatic heterocycles. The molecule has 2 rings (SSSR count). The Morgan fingerprint density at radius 3 is 2.21 bits per heavy atom. The molecule has 1 aromatic rings. The molecule has 1 N–H and O–H groups in total. The molecule has 0 saturated heterocycles. The highest BCUT2D eigenvalue weighted by atomic mass is 32.2. The topological polar surface area (TPSA) is 40.9 Å². The van der Waals surface area contributed by atoms with Crippen molar-refractivity contribution in [3.05, 3.63) is 70.2 Å². The highest BCUT2D eigenvalue weighted by molar-refractivity contribution is 8.02. The van der Waals surface area contributed by atoms with E-state index in [9.17, 15) is 0 Å². The number of hydrogen-bond acceptors (Lipinski definition) is 3. The van der Waals surface area contributed by atoms with Gasteiger partial charge in [-0.15, -0.1) is 11.8 Å². The lowest BCUT2D eigenvalue weighted by molar-refractivity contribution is -0.0979. The summed E-state index contributed by atoms with van der Waals surface area (Å²) in [7, 11) is 0. The molecule has 0 unspecified atom stereocenters. The minimum Gasteiger partial charge on any atom is -0.308 e. The zero-order valence-electron chi connectivity index (χ0n) is 17.6.